The molecule has 0 aromatic rings. The van der Waals surface area contributed by atoms with Gasteiger partial charge in [-0.25, -0.2) is 0 Å². The zero-order valence-electron chi connectivity index (χ0n) is 7.81. The van der Waals surface area contributed by atoms with Crippen LogP contribution in [-0.2, 0) is 0 Å². The maximum absolute atomic E-state index is 5.76. The summed E-state index contributed by atoms with van der Waals surface area (Å²) in [6.45, 7) is 2.06. The molecule has 0 radical (unpaired) electrons. The van der Waals surface area contributed by atoms with E-state index in [2.05, 4.69) is 36.6 Å². The van der Waals surface area contributed by atoms with E-state index in [9.17, 15) is 0 Å². The van der Waals surface area contributed by atoms with E-state index in [-0.39, 0.29) is 6.04 Å². The first-order chi connectivity index (χ1) is 6.25. The Morgan fingerprint density at radius 2 is 2.38 bits per heavy atom. The predicted molar refractivity (Wildman–Crippen MR) is 59.5 cm³/mol. The molecule has 2 heteroatoms. The molecule has 1 aliphatic heterocycles. The fraction of sp³-hybridized carbons (Fsp3) is 0.455. The van der Waals surface area contributed by atoms with Crippen LogP contribution in [0, 0.1) is 5.92 Å². The average molecular weight is 193 g/mol. The van der Waals surface area contributed by atoms with Gasteiger partial charge < -0.3 is 5.73 Å². The quantitative estimate of drug-likeness (QED) is 0.729. The Bertz CT molecular complexity index is 276. The van der Waals surface area contributed by atoms with Crippen molar-refractivity contribution in [3.8, 4) is 0 Å². The van der Waals surface area contributed by atoms with E-state index in [0.29, 0.717) is 11.2 Å². The van der Waals surface area contributed by atoms with Crippen molar-refractivity contribution < 1.29 is 0 Å². The Balaban J connectivity index is 2.06. The molecule has 1 heterocycles. The summed E-state index contributed by atoms with van der Waals surface area (Å²) in [6.07, 6.45) is 10.2. The van der Waals surface area contributed by atoms with Crippen molar-refractivity contribution in [2.75, 3.05) is 0 Å². The highest BCUT2D eigenvalue weighted by Crippen LogP contribution is 2.35. The Morgan fingerprint density at radius 1 is 1.54 bits per heavy atom. The van der Waals surface area contributed by atoms with E-state index in [4.69, 9.17) is 5.73 Å². The van der Waals surface area contributed by atoms with Gasteiger partial charge in [0.05, 0.1) is 0 Å². The number of thioether (sulfide) groups is 1. The summed E-state index contributed by atoms with van der Waals surface area (Å²) < 4.78 is 0. The summed E-state index contributed by atoms with van der Waals surface area (Å²) in [5, 5.41) is 2.85. The molecule has 0 saturated heterocycles. The highest BCUT2D eigenvalue weighted by molar-refractivity contribution is 8.03. The van der Waals surface area contributed by atoms with E-state index in [1.807, 2.05) is 11.8 Å². The minimum Gasteiger partial charge on any atom is -0.328 e. The Morgan fingerprint density at radius 3 is 3.15 bits per heavy atom. The van der Waals surface area contributed by atoms with Gasteiger partial charge in [0.15, 0.2) is 0 Å². The van der Waals surface area contributed by atoms with Crippen molar-refractivity contribution in [3.05, 3.63) is 35.3 Å². The van der Waals surface area contributed by atoms with Crippen molar-refractivity contribution in [2.24, 2.45) is 11.7 Å². The van der Waals surface area contributed by atoms with Crippen LogP contribution in [-0.4, -0.2) is 11.3 Å². The molecule has 1 aliphatic carbocycles. The SMILES string of the molecule is CC(N)CC1=CC2C=CSC2C=C1. The summed E-state index contributed by atoms with van der Waals surface area (Å²) in [5.41, 5.74) is 7.15. The molecule has 1 nitrogen and oxygen atoms in total. The topological polar surface area (TPSA) is 26.0 Å². The second-order valence-corrected chi connectivity index (χ2v) is 4.88. The van der Waals surface area contributed by atoms with Crippen LogP contribution >= 0.6 is 11.8 Å². The minimum absolute atomic E-state index is 0.269. The zero-order valence-corrected chi connectivity index (χ0v) is 8.63. The second kappa shape index (κ2) is 3.72. The van der Waals surface area contributed by atoms with E-state index < -0.39 is 0 Å². The van der Waals surface area contributed by atoms with Crippen LogP contribution < -0.4 is 5.73 Å². The average Bonchev–Trinajstić information content (AvgIpc) is 2.49. The lowest BCUT2D eigenvalue weighted by Gasteiger charge is -2.18. The van der Waals surface area contributed by atoms with Crippen LogP contribution in [0.2, 0.25) is 0 Å². The molecule has 0 bridgehead atoms. The van der Waals surface area contributed by atoms with Gasteiger partial charge in [0.25, 0.3) is 0 Å². The molecule has 0 aromatic heterocycles. The van der Waals surface area contributed by atoms with E-state index in [1.165, 1.54) is 5.57 Å². The van der Waals surface area contributed by atoms with Crippen molar-refractivity contribution in [2.45, 2.75) is 24.6 Å². The number of fused-ring (bicyclic) bond motifs is 1. The molecule has 3 unspecified atom stereocenters. The molecule has 0 amide bonds. The maximum atomic E-state index is 5.76. The smallest absolute Gasteiger partial charge is 0.0369 e. The summed E-state index contributed by atoms with van der Waals surface area (Å²) >= 11 is 1.90. The minimum atomic E-state index is 0.269. The Hall–Kier alpha value is -0.470. The van der Waals surface area contributed by atoms with Crippen LogP contribution in [0.4, 0.5) is 0 Å². The van der Waals surface area contributed by atoms with Crippen LogP contribution in [0.1, 0.15) is 13.3 Å². The number of nitrogens with two attached hydrogens (primary N) is 1. The lowest BCUT2D eigenvalue weighted by molar-refractivity contribution is 0.723. The highest BCUT2D eigenvalue weighted by Gasteiger charge is 2.22. The third-order valence-electron chi connectivity index (χ3n) is 2.38. The highest BCUT2D eigenvalue weighted by atomic mass is 32.2. The normalized spacial score (nSPS) is 32.9. The van der Waals surface area contributed by atoms with Crippen LogP contribution in [0.5, 0.6) is 0 Å². The molecule has 2 aliphatic rings. The molecule has 70 valence electrons. The molecular weight excluding hydrogens is 178 g/mol. The lowest BCUT2D eigenvalue weighted by atomic mass is 9.93. The third-order valence-corrected chi connectivity index (χ3v) is 3.48. The largest absolute Gasteiger partial charge is 0.328 e. The molecule has 2 N–H and O–H groups in total. The van der Waals surface area contributed by atoms with Gasteiger partial charge in [-0.2, -0.15) is 0 Å². The van der Waals surface area contributed by atoms with Gasteiger partial charge in [-0.3, -0.25) is 0 Å². The van der Waals surface area contributed by atoms with Crippen molar-refractivity contribution in [1.82, 2.24) is 0 Å². The first-order valence-corrected chi connectivity index (χ1v) is 5.66. The van der Waals surface area contributed by atoms with Gasteiger partial charge >= 0.3 is 0 Å². The number of rotatable bonds is 2. The van der Waals surface area contributed by atoms with Crippen molar-refractivity contribution >= 4 is 11.8 Å². The lowest BCUT2D eigenvalue weighted by Crippen LogP contribution is -2.17. The first kappa shape index (κ1) is 9.10. The first-order valence-electron chi connectivity index (χ1n) is 4.72. The van der Waals surface area contributed by atoms with Gasteiger partial charge in [0.1, 0.15) is 0 Å². The van der Waals surface area contributed by atoms with Gasteiger partial charge in [0, 0.05) is 17.2 Å². The standard InChI is InChI=1S/C11H15NS/c1-8(12)6-9-2-3-11-10(7-9)4-5-13-11/h2-5,7-8,10-11H,6,12H2,1H3. The number of allylic oxidation sites excluding steroid dienone is 3. The van der Waals surface area contributed by atoms with E-state index in [1.54, 1.807) is 0 Å². The Labute approximate surface area is 83.8 Å². The van der Waals surface area contributed by atoms with E-state index >= 15 is 0 Å². The van der Waals surface area contributed by atoms with Gasteiger partial charge in [0.2, 0.25) is 0 Å². The van der Waals surface area contributed by atoms with Crippen LogP contribution in [0.15, 0.2) is 35.3 Å². The van der Waals surface area contributed by atoms with Gasteiger partial charge in [-0.05, 0) is 18.8 Å². The van der Waals surface area contributed by atoms with Gasteiger partial charge in [-0.15, -0.1) is 11.8 Å². The monoisotopic (exact) mass is 193 g/mol. The molecule has 0 aromatic carbocycles. The molecule has 0 spiro atoms. The van der Waals surface area contributed by atoms with Crippen LogP contribution in [0.3, 0.4) is 0 Å². The summed E-state index contributed by atoms with van der Waals surface area (Å²) in [7, 11) is 0. The third kappa shape index (κ3) is 2.06. The van der Waals surface area contributed by atoms with Crippen molar-refractivity contribution in [1.29, 1.82) is 0 Å². The molecule has 13 heavy (non-hydrogen) atoms. The second-order valence-electron chi connectivity index (χ2n) is 3.79. The summed E-state index contributed by atoms with van der Waals surface area (Å²) in [4.78, 5) is 0. The van der Waals surface area contributed by atoms with Gasteiger partial charge in [-0.1, -0.05) is 29.9 Å². The Kier molecular flexibility index (Phi) is 2.61. The number of hydrogen-bond donors (Lipinski definition) is 1. The van der Waals surface area contributed by atoms with E-state index in [0.717, 1.165) is 6.42 Å². The molecule has 0 fully saturated rings. The molecular formula is C11H15NS. The fourth-order valence-electron chi connectivity index (χ4n) is 1.78. The maximum Gasteiger partial charge on any atom is 0.0369 e. The van der Waals surface area contributed by atoms with Crippen molar-refractivity contribution in [3.63, 3.8) is 0 Å². The molecule has 2 rings (SSSR count). The van der Waals surface area contributed by atoms with Crippen LogP contribution in [0.25, 0.3) is 0 Å². The molecule has 3 atom stereocenters. The summed E-state index contributed by atoms with van der Waals surface area (Å²) in [5.74, 6) is 0.615. The number of hydrogen-bond acceptors (Lipinski definition) is 2. The molecule has 0 saturated carbocycles. The zero-order chi connectivity index (χ0) is 9.26. The predicted octanol–water partition coefficient (Wildman–Crippen LogP) is 2.47. The fourth-order valence-corrected chi connectivity index (χ4v) is 2.75. The summed E-state index contributed by atoms with van der Waals surface area (Å²) in [6, 6.07) is 0.269.